The van der Waals surface area contributed by atoms with E-state index in [4.69, 9.17) is 0 Å². The first-order chi connectivity index (χ1) is 9.58. The summed E-state index contributed by atoms with van der Waals surface area (Å²) in [6.45, 7) is 2.84. The van der Waals surface area contributed by atoms with Crippen LogP contribution in [0.3, 0.4) is 0 Å². The number of rotatable bonds is 3. The number of non-ortho nitro benzene ring substituents is 1. The number of hydrogen-bond acceptors (Lipinski definition) is 3. The van der Waals surface area contributed by atoms with Crippen molar-refractivity contribution >= 4 is 17.7 Å². The Labute approximate surface area is 118 Å². The molecular weight excluding hydrogens is 256 g/mol. The van der Waals surface area contributed by atoms with Crippen LogP contribution in [-0.2, 0) is 4.79 Å². The predicted octanol–water partition coefficient (Wildman–Crippen LogP) is 3.01. The zero-order valence-corrected chi connectivity index (χ0v) is 11.5. The molecule has 0 aliphatic carbocycles. The first-order valence-electron chi connectivity index (χ1n) is 6.81. The highest BCUT2D eigenvalue weighted by Gasteiger charge is 2.21. The Bertz CT molecular complexity index is 540. The van der Waals surface area contributed by atoms with Crippen molar-refractivity contribution in [3.8, 4) is 0 Å². The summed E-state index contributed by atoms with van der Waals surface area (Å²) in [6, 6.07) is 6.53. The Hall–Kier alpha value is -2.17. The first kappa shape index (κ1) is 14.2. The van der Waals surface area contributed by atoms with Gasteiger partial charge in [-0.25, -0.2) is 0 Å². The number of nitro groups is 1. The lowest BCUT2D eigenvalue weighted by atomic mass is 10.0. The van der Waals surface area contributed by atoms with Crippen LogP contribution >= 0.6 is 0 Å². The average molecular weight is 274 g/mol. The fourth-order valence-corrected chi connectivity index (χ4v) is 2.43. The third kappa shape index (κ3) is 3.44. The predicted molar refractivity (Wildman–Crippen MR) is 77.2 cm³/mol. The van der Waals surface area contributed by atoms with Crippen LogP contribution in [0.4, 0.5) is 5.69 Å². The minimum atomic E-state index is -0.439. The molecule has 0 aromatic heterocycles. The van der Waals surface area contributed by atoms with Crippen LogP contribution in [0.1, 0.15) is 31.7 Å². The monoisotopic (exact) mass is 274 g/mol. The van der Waals surface area contributed by atoms with Gasteiger partial charge in [-0.2, -0.15) is 0 Å². The van der Waals surface area contributed by atoms with Crippen molar-refractivity contribution in [3.63, 3.8) is 0 Å². The van der Waals surface area contributed by atoms with E-state index < -0.39 is 4.92 Å². The zero-order chi connectivity index (χ0) is 14.5. The molecule has 1 aromatic carbocycles. The van der Waals surface area contributed by atoms with E-state index in [1.54, 1.807) is 18.2 Å². The number of nitro benzene ring substituents is 1. The standard InChI is InChI=1S/C15H18N2O3/c1-12-5-2-3-10-16(12)15(18)9-8-13-6-4-7-14(11-13)17(19)20/h4,6-9,11-12H,2-3,5,10H2,1H3. The Balaban J connectivity index is 2.06. The fraction of sp³-hybridized carbons (Fsp3) is 0.400. The second kappa shape index (κ2) is 6.32. The molecule has 20 heavy (non-hydrogen) atoms. The molecule has 5 heteroatoms. The maximum Gasteiger partial charge on any atom is 0.270 e. The van der Waals surface area contributed by atoms with Crippen LogP contribution in [0.25, 0.3) is 6.08 Å². The number of amides is 1. The van der Waals surface area contributed by atoms with E-state index in [1.807, 2.05) is 4.90 Å². The van der Waals surface area contributed by atoms with Gasteiger partial charge in [0, 0.05) is 30.8 Å². The van der Waals surface area contributed by atoms with E-state index in [-0.39, 0.29) is 17.6 Å². The molecule has 1 aliphatic rings. The van der Waals surface area contributed by atoms with Crippen LogP contribution in [0.5, 0.6) is 0 Å². The van der Waals surface area contributed by atoms with E-state index >= 15 is 0 Å². The van der Waals surface area contributed by atoms with Crippen molar-refractivity contribution in [3.05, 3.63) is 46.0 Å². The summed E-state index contributed by atoms with van der Waals surface area (Å²) in [5, 5.41) is 10.7. The maximum absolute atomic E-state index is 12.1. The van der Waals surface area contributed by atoms with Crippen molar-refractivity contribution in [2.24, 2.45) is 0 Å². The minimum Gasteiger partial charge on any atom is -0.336 e. The summed E-state index contributed by atoms with van der Waals surface area (Å²) < 4.78 is 0. The van der Waals surface area contributed by atoms with Crippen molar-refractivity contribution in [2.45, 2.75) is 32.2 Å². The molecule has 0 saturated carbocycles. The number of nitrogens with zero attached hydrogens (tertiary/aromatic N) is 2. The van der Waals surface area contributed by atoms with E-state index in [0.717, 1.165) is 19.4 Å². The van der Waals surface area contributed by atoms with Crippen LogP contribution < -0.4 is 0 Å². The molecule has 1 amide bonds. The Morgan fingerprint density at radius 1 is 1.45 bits per heavy atom. The topological polar surface area (TPSA) is 63.5 Å². The van der Waals surface area contributed by atoms with Crippen LogP contribution in [0.15, 0.2) is 30.3 Å². The molecule has 1 unspecified atom stereocenters. The molecule has 1 aromatic rings. The molecule has 0 radical (unpaired) electrons. The first-order valence-corrected chi connectivity index (χ1v) is 6.81. The van der Waals surface area contributed by atoms with E-state index in [9.17, 15) is 14.9 Å². The zero-order valence-electron chi connectivity index (χ0n) is 11.5. The highest BCUT2D eigenvalue weighted by atomic mass is 16.6. The number of carbonyl (C=O) groups is 1. The smallest absolute Gasteiger partial charge is 0.270 e. The highest BCUT2D eigenvalue weighted by Crippen LogP contribution is 2.18. The summed E-state index contributed by atoms with van der Waals surface area (Å²) in [6.07, 6.45) is 6.38. The molecule has 1 heterocycles. The number of likely N-dealkylation sites (tertiary alicyclic amines) is 1. The summed E-state index contributed by atoms with van der Waals surface area (Å²) >= 11 is 0. The largest absolute Gasteiger partial charge is 0.336 e. The molecule has 0 N–H and O–H groups in total. The molecule has 1 fully saturated rings. The van der Waals surface area contributed by atoms with Gasteiger partial charge >= 0.3 is 0 Å². The molecule has 106 valence electrons. The summed E-state index contributed by atoms with van der Waals surface area (Å²) in [4.78, 5) is 24.2. The third-order valence-electron chi connectivity index (χ3n) is 3.59. The Morgan fingerprint density at radius 2 is 2.25 bits per heavy atom. The number of benzene rings is 1. The van der Waals surface area contributed by atoms with Gasteiger partial charge in [0.15, 0.2) is 0 Å². The lowest BCUT2D eigenvalue weighted by Crippen LogP contribution is -2.41. The summed E-state index contributed by atoms with van der Waals surface area (Å²) in [7, 11) is 0. The number of carbonyl (C=O) groups excluding carboxylic acids is 1. The van der Waals surface area contributed by atoms with Gasteiger partial charge in [-0.15, -0.1) is 0 Å². The van der Waals surface area contributed by atoms with Crippen molar-refractivity contribution < 1.29 is 9.72 Å². The summed E-state index contributed by atoms with van der Waals surface area (Å²) in [5.74, 6) is -0.0243. The van der Waals surface area contributed by atoms with Gasteiger partial charge in [-0.1, -0.05) is 12.1 Å². The second-order valence-corrected chi connectivity index (χ2v) is 5.06. The molecule has 0 spiro atoms. The molecule has 2 rings (SSSR count). The summed E-state index contributed by atoms with van der Waals surface area (Å²) in [5.41, 5.74) is 0.697. The lowest BCUT2D eigenvalue weighted by Gasteiger charge is -2.32. The molecule has 0 bridgehead atoms. The number of hydrogen-bond donors (Lipinski definition) is 0. The molecule has 1 atom stereocenters. The van der Waals surface area contributed by atoms with Gasteiger partial charge in [-0.05, 0) is 37.8 Å². The van der Waals surface area contributed by atoms with Crippen molar-refractivity contribution in [1.29, 1.82) is 0 Å². The minimum absolute atomic E-state index is 0.0243. The Kier molecular flexibility index (Phi) is 4.50. The second-order valence-electron chi connectivity index (χ2n) is 5.06. The maximum atomic E-state index is 12.1. The third-order valence-corrected chi connectivity index (χ3v) is 3.59. The van der Waals surface area contributed by atoms with Crippen molar-refractivity contribution in [2.75, 3.05) is 6.54 Å². The SMILES string of the molecule is CC1CCCCN1C(=O)C=Cc1cccc([N+](=O)[O-])c1. The van der Waals surface area contributed by atoms with Gasteiger partial charge in [0.1, 0.15) is 0 Å². The lowest BCUT2D eigenvalue weighted by molar-refractivity contribution is -0.384. The van der Waals surface area contributed by atoms with Crippen LogP contribution in [-0.4, -0.2) is 28.3 Å². The van der Waals surface area contributed by atoms with Crippen LogP contribution in [0, 0.1) is 10.1 Å². The van der Waals surface area contributed by atoms with E-state index in [0.29, 0.717) is 5.56 Å². The number of piperidine rings is 1. The van der Waals surface area contributed by atoms with Crippen LogP contribution in [0.2, 0.25) is 0 Å². The van der Waals surface area contributed by atoms with E-state index in [2.05, 4.69) is 6.92 Å². The van der Waals surface area contributed by atoms with Crippen molar-refractivity contribution in [1.82, 2.24) is 4.90 Å². The normalized spacial score (nSPS) is 19.2. The average Bonchev–Trinajstić information content (AvgIpc) is 2.45. The Morgan fingerprint density at radius 3 is 2.95 bits per heavy atom. The van der Waals surface area contributed by atoms with Gasteiger partial charge < -0.3 is 4.90 Å². The van der Waals surface area contributed by atoms with Gasteiger partial charge in [-0.3, -0.25) is 14.9 Å². The quantitative estimate of drug-likeness (QED) is 0.483. The van der Waals surface area contributed by atoms with Gasteiger partial charge in [0.25, 0.3) is 5.69 Å². The van der Waals surface area contributed by atoms with Gasteiger partial charge in [0.05, 0.1) is 4.92 Å². The molecule has 5 nitrogen and oxygen atoms in total. The molecule has 1 saturated heterocycles. The molecule has 1 aliphatic heterocycles. The van der Waals surface area contributed by atoms with E-state index in [1.165, 1.54) is 24.6 Å². The fourth-order valence-electron chi connectivity index (χ4n) is 2.43. The highest BCUT2D eigenvalue weighted by molar-refractivity contribution is 5.92. The van der Waals surface area contributed by atoms with Gasteiger partial charge in [0.2, 0.25) is 5.91 Å². The molecular formula is C15H18N2O3.